The first-order valence-corrected chi connectivity index (χ1v) is 5.89. The van der Waals surface area contributed by atoms with Crippen molar-refractivity contribution in [2.45, 2.75) is 17.2 Å². The number of benzene rings is 1. The van der Waals surface area contributed by atoms with Gasteiger partial charge in [-0.3, -0.25) is 4.79 Å². The van der Waals surface area contributed by atoms with Gasteiger partial charge in [0.25, 0.3) is 0 Å². The molecule has 1 N–H and O–H groups in total. The molecular formula is C10H10N4O2S. The Morgan fingerprint density at radius 2 is 2.12 bits per heavy atom. The smallest absolute Gasteiger partial charge is 0.325 e. The van der Waals surface area contributed by atoms with E-state index in [0.717, 1.165) is 4.90 Å². The molecule has 0 radical (unpaired) electrons. The summed E-state index contributed by atoms with van der Waals surface area (Å²) in [6.07, 6.45) is 0. The van der Waals surface area contributed by atoms with E-state index >= 15 is 0 Å². The largest absolute Gasteiger partial charge is 0.480 e. The van der Waals surface area contributed by atoms with Gasteiger partial charge in [0.15, 0.2) is 5.82 Å². The van der Waals surface area contributed by atoms with Crippen LogP contribution in [0, 0.1) is 0 Å². The third-order valence-electron chi connectivity index (χ3n) is 2.00. The van der Waals surface area contributed by atoms with Gasteiger partial charge in [-0.25, -0.2) is 4.68 Å². The van der Waals surface area contributed by atoms with Crippen molar-refractivity contribution in [3.63, 3.8) is 0 Å². The Morgan fingerprint density at radius 3 is 2.82 bits per heavy atom. The van der Waals surface area contributed by atoms with E-state index in [9.17, 15) is 4.79 Å². The third-order valence-corrected chi connectivity index (χ3v) is 3.01. The maximum atomic E-state index is 10.6. The molecule has 1 aromatic carbocycles. The zero-order valence-electron chi connectivity index (χ0n) is 8.85. The molecule has 0 unspecified atom stereocenters. The molecule has 0 aliphatic rings. The van der Waals surface area contributed by atoms with Gasteiger partial charge in [-0.1, -0.05) is 18.2 Å². The van der Waals surface area contributed by atoms with E-state index in [4.69, 9.17) is 5.11 Å². The van der Waals surface area contributed by atoms with Gasteiger partial charge >= 0.3 is 5.97 Å². The van der Waals surface area contributed by atoms with Crippen LogP contribution in [-0.4, -0.2) is 31.3 Å². The standard InChI is InChI=1S/C10H10N4O2S/c15-10(16)6-14-9(11-12-13-14)7-17-8-4-2-1-3-5-8/h1-5H,6-7H2,(H,15,16). The number of carboxylic acids is 1. The molecule has 6 nitrogen and oxygen atoms in total. The number of rotatable bonds is 5. The van der Waals surface area contributed by atoms with Gasteiger partial charge < -0.3 is 5.11 Å². The van der Waals surface area contributed by atoms with Gasteiger partial charge in [-0.2, -0.15) is 0 Å². The average Bonchev–Trinajstić information content (AvgIpc) is 2.74. The lowest BCUT2D eigenvalue weighted by Gasteiger charge is -2.01. The van der Waals surface area contributed by atoms with Crippen LogP contribution in [0.25, 0.3) is 0 Å². The van der Waals surface area contributed by atoms with Gasteiger partial charge in [0.2, 0.25) is 0 Å². The Labute approximate surface area is 102 Å². The molecule has 0 aliphatic heterocycles. The fourth-order valence-electron chi connectivity index (χ4n) is 1.24. The summed E-state index contributed by atoms with van der Waals surface area (Å²) in [5.41, 5.74) is 0. The first kappa shape index (κ1) is 11.6. The predicted molar refractivity (Wildman–Crippen MR) is 61.5 cm³/mol. The number of nitrogens with zero attached hydrogens (tertiary/aromatic N) is 4. The van der Waals surface area contributed by atoms with Crippen LogP contribution in [-0.2, 0) is 17.1 Å². The van der Waals surface area contributed by atoms with Gasteiger partial charge in [-0.15, -0.1) is 16.9 Å². The summed E-state index contributed by atoms with van der Waals surface area (Å²) in [5, 5.41) is 19.6. The minimum absolute atomic E-state index is 0.211. The van der Waals surface area contributed by atoms with Crippen LogP contribution in [0.3, 0.4) is 0 Å². The summed E-state index contributed by atoms with van der Waals surface area (Å²) in [6, 6.07) is 9.80. The van der Waals surface area contributed by atoms with E-state index < -0.39 is 5.97 Å². The fraction of sp³-hybridized carbons (Fsp3) is 0.200. The van der Waals surface area contributed by atoms with E-state index in [2.05, 4.69) is 15.5 Å². The van der Waals surface area contributed by atoms with Crippen molar-refractivity contribution in [3.05, 3.63) is 36.2 Å². The summed E-state index contributed by atoms with van der Waals surface area (Å²) in [6.45, 7) is -0.211. The van der Waals surface area contributed by atoms with Crippen molar-refractivity contribution >= 4 is 17.7 Å². The van der Waals surface area contributed by atoms with Crippen LogP contribution in [0.4, 0.5) is 0 Å². The molecule has 1 aromatic heterocycles. The first-order valence-electron chi connectivity index (χ1n) is 4.90. The van der Waals surface area contributed by atoms with E-state index in [0.29, 0.717) is 11.6 Å². The van der Waals surface area contributed by atoms with Gasteiger partial charge in [0.05, 0.1) is 5.75 Å². The molecule has 1 heterocycles. The molecular weight excluding hydrogens is 240 g/mol. The van der Waals surface area contributed by atoms with Crippen LogP contribution in [0.2, 0.25) is 0 Å². The molecule has 88 valence electrons. The Kier molecular flexibility index (Phi) is 3.71. The van der Waals surface area contributed by atoms with Gasteiger partial charge in [-0.05, 0) is 22.6 Å². The SMILES string of the molecule is O=C(O)Cn1nnnc1CSc1ccccc1. The molecule has 0 atom stereocenters. The molecule has 0 fully saturated rings. The molecule has 0 amide bonds. The highest BCUT2D eigenvalue weighted by Gasteiger charge is 2.09. The molecule has 0 bridgehead atoms. The second kappa shape index (κ2) is 5.44. The lowest BCUT2D eigenvalue weighted by Crippen LogP contribution is -2.13. The Bertz CT molecular complexity index is 500. The lowest BCUT2D eigenvalue weighted by atomic mass is 10.4. The first-order chi connectivity index (χ1) is 8.25. The summed E-state index contributed by atoms with van der Waals surface area (Å²) in [4.78, 5) is 11.7. The summed E-state index contributed by atoms with van der Waals surface area (Å²) < 4.78 is 1.29. The van der Waals surface area contributed by atoms with E-state index in [1.165, 1.54) is 4.68 Å². The Morgan fingerprint density at radius 1 is 1.35 bits per heavy atom. The van der Waals surface area contributed by atoms with E-state index in [1.807, 2.05) is 30.3 Å². The molecule has 0 aliphatic carbocycles. The van der Waals surface area contributed by atoms with Crippen molar-refractivity contribution in [3.8, 4) is 0 Å². The van der Waals surface area contributed by atoms with Crippen molar-refractivity contribution in [2.75, 3.05) is 0 Å². The lowest BCUT2D eigenvalue weighted by molar-refractivity contribution is -0.137. The fourth-order valence-corrected chi connectivity index (χ4v) is 2.09. The second-order valence-electron chi connectivity index (χ2n) is 3.25. The molecule has 0 spiro atoms. The second-order valence-corrected chi connectivity index (χ2v) is 4.30. The van der Waals surface area contributed by atoms with Crippen molar-refractivity contribution < 1.29 is 9.90 Å². The topological polar surface area (TPSA) is 80.9 Å². The van der Waals surface area contributed by atoms with Crippen LogP contribution in [0.1, 0.15) is 5.82 Å². The van der Waals surface area contributed by atoms with Gasteiger partial charge in [0, 0.05) is 4.90 Å². The Hall–Kier alpha value is -1.89. The number of carbonyl (C=O) groups is 1. The van der Waals surface area contributed by atoms with Crippen molar-refractivity contribution in [1.82, 2.24) is 20.2 Å². The summed E-state index contributed by atoms with van der Waals surface area (Å²) >= 11 is 1.56. The number of aromatic nitrogens is 4. The van der Waals surface area contributed by atoms with Crippen LogP contribution < -0.4 is 0 Å². The van der Waals surface area contributed by atoms with E-state index in [-0.39, 0.29) is 6.54 Å². The van der Waals surface area contributed by atoms with Crippen LogP contribution in [0.5, 0.6) is 0 Å². The monoisotopic (exact) mass is 250 g/mol. The molecule has 2 aromatic rings. The Balaban J connectivity index is 2.00. The maximum Gasteiger partial charge on any atom is 0.325 e. The van der Waals surface area contributed by atoms with Crippen molar-refractivity contribution in [1.29, 1.82) is 0 Å². The number of thioether (sulfide) groups is 1. The normalized spacial score (nSPS) is 10.4. The highest BCUT2D eigenvalue weighted by Crippen LogP contribution is 2.20. The zero-order valence-corrected chi connectivity index (χ0v) is 9.67. The van der Waals surface area contributed by atoms with Crippen molar-refractivity contribution in [2.24, 2.45) is 0 Å². The maximum absolute atomic E-state index is 10.6. The van der Waals surface area contributed by atoms with Crippen LogP contribution >= 0.6 is 11.8 Å². The zero-order chi connectivity index (χ0) is 12.1. The number of aliphatic carboxylic acids is 1. The average molecular weight is 250 g/mol. The third kappa shape index (κ3) is 3.28. The minimum Gasteiger partial charge on any atom is -0.480 e. The number of carboxylic acid groups (broad SMARTS) is 1. The number of hydrogen-bond donors (Lipinski definition) is 1. The minimum atomic E-state index is -0.955. The van der Waals surface area contributed by atoms with Gasteiger partial charge in [0.1, 0.15) is 6.54 Å². The quantitative estimate of drug-likeness (QED) is 0.799. The van der Waals surface area contributed by atoms with E-state index in [1.54, 1.807) is 11.8 Å². The molecule has 0 saturated heterocycles. The summed E-state index contributed by atoms with van der Waals surface area (Å²) in [7, 11) is 0. The predicted octanol–water partition coefficient (Wildman–Crippen LogP) is 1.05. The molecule has 7 heteroatoms. The number of tetrazole rings is 1. The highest BCUT2D eigenvalue weighted by atomic mass is 32.2. The summed E-state index contributed by atoms with van der Waals surface area (Å²) in [5.74, 6) is 0.147. The van der Waals surface area contributed by atoms with Crippen LogP contribution in [0.15, 0.2) is 35.2 Å². The number of hydrogen-bond acceptors (Lipinski definition) is 5. The molecule has 17 heavy (non-hydrogen) atoms. The molecule has 2 rings (SSSR count). The molecule has 0 saturated carbocycles. The highest BCUT2D eigenvalue weighted by molar-refractivity contribution is 7.98.